The van der Waals surface area contributed by atoms with Gasteiger partial charge in [0.15, 0.2) is 0 Å². The van der Waals surface area contributed by atoms with Crippen LogP contribution in [0.4, 0.5) is 5.69 Å². The maximum Gasteiger partial charge on any atom is 0.244 e. The van der Waals surface area contributed by atoms with Crippen molar-refractivity contribution in [1.29, 1.82) is 0 Å². The molecule has 9 heteroatoms. The lowest BCUT2D eigenvalue weighted by Crippen LogP contribution is -2.53. The first-order valence-corrected chi connectivity index (χ1v) is 14.0. The second-order valence-electron chi connectivity index (χ2n) is 8.97. The van der Waals surface area contributed by atoms with Crippen LogP contribution in [0.2, 0.25) is 5.02 Å². The van der Waals surface area contributed by atoms with E-state index in [1.165, 1.54) is 4.90 Å². The van der Waals surface area contributed by atoms with Crippen molar-refractivity contribution in [3.8, 4) is 0 Å². The summed E-state index contributed by atoms with van der Waals surface area (Å²) in [4.78, 5) is 28.3. The number of hydrogen-bond donors (Lipinski definition) is 1. The Balaban J connectivity index is 2.49. The molecule has 2 amide bonds. The summed E-state index contributed by atoms with van der Waals surface area (Å²) in [6.07, 6.45) is 2.18. The second-order valence-corrected chi connectivity index (χ2v) is 11.3. The highest BCUT2D eigenvalue weighted by atomic mass is 35.5. The first-order valence-electron chi connectivity index (χ1n) is 11.8. The molecule has 2 aromatic carbocycles. The van der Waals surface area contributed by atoms with Crippen LogP contribution in [0.1, 0.15) is 50.3 Å². The predicted octanol–water partition coefficient (Wildman–Crippen LogP) is 4.44. The van der Waals surface area contributed by atoms with Crippen molar-refractivity contribution in [3.63, 3.8) is 0 Å². The SMILES string of the molecule is CC[C@H](C)NC(=O)[C@H](CC)N(Cc1ccccc1Cl)C(=O)CN(c1cc(C)cc(C)c1)S(C)(=O)=O. The zero-order chi connectivity index (χ0) is 26.3. The smallest absolute Gasteiger partial charge is 0.244 e. The number of amides is 2. The van der Waals surface area contributed by atoms with Gasteiger partial charge in [-0.25, -0.2) is 8.42 Å². The van der Waals surface area contributed by atoms with E-state index in [0.29, 0.717) is 22.7 Å². The molecule has 0 aliphatic carbocycles. The highest BCUT2D eigenvalue weighted by Gasteiger charge is 2.32. The minimum Gasteiger partial charge on any atom is -0.352 e. The molecule has 2 rings (SSSR count). The number of nitrogens with zero attached hydrogens (tertiary/aromatic N) is 2. The van der Waals surface area contributed by atoms with E-state index in [1.54, 1.807) is 30.3 Å². The van der Waals surface area contributed by atoms with Crippen molar-refractivity contribution in [3.05, 3.63) is 64.2 Å². The molecule has 0 radical (unpaired) electrons. The van der Waals surface area contributed by atoms with E-state index >= 15 is 0 Å². The van der Waals surface area contributed by atoms with Gasteiger partial charge in [0.05, 0.1) is 11.9 Å². The average Bonchev–Trinajstić information content (AvgIpc) is 2.76. The number of aryl methyl sites for hydroxylation is 2. The van der Waals surface area contributed by atoms with Crippen LogP contribution in [0.3, 0.4) is 0 Å². The third-order valence-corrected chi connectivity index (χ3v) is 7.37. The van der Waals surface area contributed by atoms with Gasteiger partial charge >= 0.3 is 0 Å². The molecule has 35 heavy (non-hydrogen) atoms. The fraction of sp³-hybridized carbons (Fsp3) is 0.462. The summed E-state index contributed by atoms with van der Waals surface area (Å²) < 4.78 is 26.6. The van der Waals surface area contributed by atoms with E-state index in [0.717, 1.165) is 28.1 Å². The standard InChI is InChI=1S/C26H36ClN3O4S/c1-7-20(5)28-26(32)24(8-2)29(16-21-11-9-10-12-23(21)27)25(31)17-30(35(6,33)34)22-14-18(3)13-19(4)15-22/h9-15,20,24H,7-8,16-17H2,1-6H3,(H,28,32)/t20-,24-/m0/s1. The van der Waals surface area contributed by atoms with Crippen LogP contribution in [0.25, 0.3) is 0 Å². The number of anilines is 1. The lowest BCUT2D eigenvalue weighted by Gasteiger charge is -2.33. The summed E-state index contributed by atoms with van der Waals surface area (Å²) in [5, 5.41) is 3.42. The van der Waals surface area contributed by atoms with Crippen LogP contribution in [0.5, 0.6) is 0 Å². The van der Waals surface area contributed by atoms with Crippen LogP contribution in [-0.2, 0) is 26.2 Å². The fourth-order valence-electron chi connectivity index (χ4n) is 3.88. The van der Waals surface area contributed by atoms with Crippen LogP contribution < -0.4 is 9.62 Å². The molecule has 7 nitrogen and oxygen atoms in total. The topological polar surface area (TPSA) is 86.8 Å². The van der Waals surface area contributed by atoms with E-state index in [2.05, 4.69) is 5.32 Å². The van der Waals surface area contributed by atoms with Crippen molar-refractivity contribution in [2.24, 2.45) is 0 Å². The zero-order valence-electron chi connectivity index (χ0n) is 21.3. The van der Waals surface area contributed by atoms with Crippen LogP contribution >= 0.6 is 11.6 Å². The summed E-state index contributed by atoms with van der Waals surface area (Å²) in [6.45, 7) is 9.08. The van der Waals surface area contributed by atoms with Crippen molar-refractivity contribution in [2.45, 2.75) is 66.1 Å². The Morgan fingerprint density at radius 1 is 1.03 bits per heavy atom. The molecule has 0 aliphatic rings. The van der Waals surface area contributed by atoms with Gasteiger partial charge < -0.3 is 10.2 Å². The van der Waals surface area contributed by atoms with Gasteiger partial charge in [-0.2, -0.15) is 0 Å². The number of halogens is 1. The molecule has 192 valence electrons. The van der Waals surface area contributed by atoms with Crippen molar-refractivity contribution in [2.75, 3.05) is 17.1 Å². The molecule has 0 saturated heterocycles. The summed E-state index contributed by atoms with van der Waals surface area (Å²) in [5.74, 6) is -0.764. The normalized spacial score (nSPS) is 13.1. The summed E-state index contributed by atoms with van der Waals surface area (Å²) in [5.41, 5.74) is 2.85. The second kappa shape index (κ2) is 12.4. The lowest BCUT2D eigenvalue weighted by molar-refractivity contribution is -0.140. The summed E-state index contributed by atoms with van der Waals surface area (Å²) >= 11 is 6.37. The van der Waals surface area contributed by atoms with Crippen LogP contribution in [0, 0.1) is 13.8 Å². The molecular formula is C26H36ClN3O4S. The zero-order valence-corrected chi connectivity index (χ0v) is 22.9. The Morgan fingerprint density at radius 2 is 1.63 bits per heavy atom. The highest BCUT2D eigenvalue weighted by molar-refractivity contribution is 7.92. The first kappa shape index (κ1) is 28.7. The Morgan fingerprint density at radius 3 is 2.14 bits per heavy atom. The number of sulfonamides is 1. The van der Waals surface area contributed by atoms with Gasteiger partial charge in [0, 0.05) is 17.6 Å². The molecule has 2 aromatic rings. The first-order chi connectivity index (χ1) is 16.4. The van der Waals surface area contributed by atoms with Crippen molar-refractivity contribution >= 4 is 39.1 Å². The molecule has 0 spiro atoms. The fourth-order valence-corrected chi connectivity index (χ4v) is 4.91. The molecule has 0 saturated carbocycles. The molecule has 0 unspecified atom stereocenters. The van der Waals surface area contributed by atoms with Gasteiger partial charge in [0.2, 0.25) is 21.8 Å². The predicted molar refractivity (Wildman–Crippen MR) is 142 cm³/mol. The Bertz CT molecular complexity index is 1130. The Kier molecular flexibility index (Phi) is 10.2. The monoisotopic (exact) mass is 521 g/mol. The van der Waals surface area contributed by atoms with E-state index in [9.17, 15) is 18.0 Å². The largest absolute Gasteiger partial charge is 0.352 e. The third kappa shape index (κ3) is 7.97. The van der Waals surface area contributed by atoms with E-state index < -0.39 is 28.5 Å². The Hall–Kier alpha value is -2.58. The average molecular weight is 522 g/mol. The molecular weight excluding hydrogens is 486 g/mol. The van der Waals surface area contributed by atoms with Crippen LogP contribution in [-0.4, -0.2) is 50.0 Å². The maximum atomic E-state index is 13.7. The number of hydrogen-bond acceptors (Lipinski definition) is 4. The summed E-state index contributed by atoms with van der Waals surface area (Å²) in [6, 6.07) is 11.7. The number of carbonyl (C=O) groups excluding carboxylic acids is 2. The molecule has 1 N–H and O–H groups in total. The molecule has 0 heterocycles. The van der Waals surface area contributed by atoms with E-state index in [-0.39, 0.29) is 18.5 Å². The van der Waals surface area contributed by atoms with Crippen LogP contribution in [0.15, 0.2) is 42.5 Å². The van der Waals surface area contributed by atoms with Gasteiger partial charge in [-0.3, -0.25) is 13.9 Å². The third-order valence-electron chi connectivity index (χ3n) is 5.86. The minimum atomic E-state index is -3.78. The van der Waals surface area contributed by atoms with Crippen molar-refractivity contribution in [1.82, 2.24) is 10.2 Å². The number of nitrogens with one attached hydrogen (secondary N) is 1. The maximum absolute atomic E-state index is 13.7. The summed E-state index contributed by atoms with van der Waals surface area (Å²) in [7, 11) is -3.78. The Labute approximate surface area is 214 Å². The number of benzene rings is 2. The minimum absolute atomic E-state index is 0.0587. The highest BCUT2D eigenvalue weighted by Crippen LogP contribution is 2.24. The van der Waals surface area contributed by atoms with Crippen molar-refractivity contribution < 1.29 is 18.0 Å². The molecule has 0 fully saturated rings. The molecule has 2 atom stereocenters. The molecule has 0 aromatic heterocycles. The number of rotatable bonds is 11. The molecule has 0 aliphatic heterocycles. The van der Waals surface area contributed by atoms with Gasteiger partial charge in [-0.1, -0.05) is 49.7 Å². The van der Waals surface area contributed by atoms with E-state index in [1.807, 2.05) is 46.8 Å². The van der Waals surface area contributed by atoms with Gasteiger partial charge in [-0.15, -0.1) is 0 Å². The van der Waals surface area contributed by atoms with Gasteiger partial charge in [0.25, 0.3) is 0 Å². The van der Waals surface area contributed by atoms with Gasteiger partial charge in [0.1, 0.15) is 12.6 Å². The number of carbonyl (C=O) groups is 2. The molecule has 0 bridgehead atoms. The lowest BCUT2D eigenvalue weighted by atomic mass is 10.1. The van der Waals surface area contributed by atoms with E-state index in [4.69, 9.17) is 11.6 Å². The van der Waals surface area contributed by atoms with Gasteiger partial charge in [-0.05, 0) is 68.5 Å². The quantitative estimate of drug-likeness (QED) is 0.473.